The Hall–Kier alpha value is -1.56. The second kappa shape index (κ2) is 6.98. The Bertz CT molecular complexity index is 841. The van der Waals surface area contributed by atoms with E-state index in [1.807, 2.05) is 25.4 Å². The van der Waals surface area contributed by atoms with Crippen LogP contribution >= 0.6 is 23.4 Å². The van der Waals surface area contributed by atoms with E-state index in [1.165, 1.54) is 4.90 Å². The minimum Gasteiger partial charge on any atom is -0.393 e. The lowest BCUT2D eigenvalue weighted by atomic mass is 9.85. The molecule has 130 valence electrons. The zero-order valence-corrected chi connectivity index (χ0v) is 15.6. The lowest BCUT2D eigenvalue weighted by molar-refractivity contribution is 0.121. The van der Waals surface area contributed by atoms with Gasteiger partial charge in [-0.15, -0.1) is 0 Å². The summed E-state index contributed by atoms with van der Waals surface area (Å²) < 4.78 is 2.07. The number of hydrogen-bond acceptors (Lipinski definition) is 4. The first-order valence-electron chi connectivity index (χ1n) is 8.54. The quantitative estimate of drug-likeness (QED) is 0.720. The molecule has 4 nitrogen and oxygen atoms in total. The largest absolute Gasteiger partial charge is 0.393 e. The minimum absolute atomic E-state index is 0.161. The molecular weight excluding hydrogens is 354 g/mol. The van der Waals surface area contributed by atoms with Gasteiger partial charge in [0.25, 0.3) is 0 Å². The maximum absolute atomic E-state index is 9.84. The molecule has 0 spiro atoms. The monoisotopic (exact) mass is 373 g/mol. The van der Waals surface area contributed by atoms with Crippen LogP contribution in [0.15, 0.2) is 46.6 Å². The Morgan fingerprint density at radius 3 is 2.72 bits per heavy atom. The number of halogens is 1. The molecule has 25 heavy (non-hydrogen) atoms. The Morgan fingerprint density at radius 1 is 1.20 bits per heavy atom. The van der Waals surface area contributed by atoms with Crippen molar-refractivity contribution in [2.45, 2.75) is 47.6 Å². The van der Waals surface area contributed by atoms with Gasteiger partial charge in [0.2, 0.25) is 0 Å². The topological polar surface area (TPSA) is 50.9 Å². The fraction of sp³-hybridized carbons (Fsp3) is 0.368. The molecular formula is C19H20ClN3OS. The third kappa shape index (κ3) is 3.41. The number of aliphatic hydroxyl groups is 1. The van der Waals surface area contributed by atoms with Gasteiger partial charge in [0.15, 0.2) is 0 Å². The van der Waals surface area contributed by atoms with Crippen molar-refractivity contribution in [2.75, 3.05) is 0 Å². The standard InChI is InChI=1S/C19H20ClN3OS/c1-23-10-2-3-15-18(25-16-9-6-13(20)11-21-16)17(22-19(15)23)12-4-7-14(24)8-5-12/h2-3,6,9-12,14,24H,4-5,7-8H2,1H3/t12-,14-. The summed E-state index contributed by atoms with van der Waals surface area (Å²) in [5.74, 6) is 1.39. The van der Waals surface area contributed by atoms with Gasteiger partial charge in [-0.3, -0.25) is 0 Å². The molecule has 0 radical (unpaired) electrons. The summed E-state index contributed by atoms with van der Waals surface area (Å²) in [4.78, 5) is 10.6. The summed E-state index contributed by atoms with van der Waals surface area (Å²) in [5.41, 5.74) is 2.30. The van der Waals surface area contributed by atoms with Crippen molar-refractivity contribution < 1.29 is 5.11 Å². The summed E-state index contributed by atoms with van der Waals surface area (Å²) in [5, 5.41) is 11.4. The molecule has 1 fully saturated rings. The van der Waals surface area contributed by atoms with Gasteiger partial charge in [-0.1, -0.05) is 23.4 Å². The van der Waals surface area contributed by atoms with Crippen LogP contribution in [0.4, 0.5) is 0 Å². The number of nitrogens with zero attached hydrogens (tertiary/aromatic N) is 3. The van der Waals surface area contributed by atoms with Crippen molar-refractivity contribution in [3.63, 3.8) is 0 Å². The van der Waals surface area contributed by atoms with Crippen LogP contribution in [0.5, 0.6) is 0 Å². The smallest absolute Gasteiger partial charge is 0.141 e. The molecule has 3 aliphatic rings. The Labute approximate surface area is 156 Å². The molecule has 1 saturated carbocycles. The van der Waals surface area contributed by atoms with Gasteiger partial charge in [0, 0.05) is 35.8 Å². The van der Waals surface area contributed by atoms with Crippen LogP contribution in [-0.4, -0.2) is 25.7 Å². The lowest BCUT2D eigenvalue weighted by Crippen LogP contribution is -2.17. The molecule has 1 aromatic heterocycles. The average Bonchev–Trinajstić information content (AvgIpc) is 2.98. The average molecular weight is 374 g/mol. The van der Waals surface area contributed by atoms with Gasteiger partial charge in [0.1, 0.15) is 10.9 Å². The zero-order chi connectivity index (χ0) is 17.4. The highest BCUT2D eigenvalue weighted by atomic mass is 35.5. The van der Waals surface area contributed by atoms with Crippen molar-refractivity contribution in [3.05, 3.63) is 47.4 Å². The first-order chi connectivity index (χ1) is 12.1. The molecule has 0 amide bonds. The second-order valence-electron chi connectivity index (χ2n) is 6.60. The molecule has 1 aliphatic carbocycles. The van der Waals surface area contributed by atoms with Crippen LogP contribution in [0, 0.1) is 0 Å². The van der Waals surface area contributed by atoms with E-state index in [4.69, 9.17) is 16.6 Å². The summed E-state index contributed by atoms with van der Waals surface area (Å²) >= 11 is 7.62. The first kappa shape index (κ1) is 16.9. The van der Waals surface area contributed by atoms with Crippen molar-refractivity contribution in [1.82, 2.24) is 14.5 Å². The molecule has 2 aliphatic heterocycles. The van der Waals surface area contributed by atoms with Gasteiger partial charge in [-0.05, 0) is 49.9 Å². The summed E-state index contributed by atoms with van der Waals surface area (Å²) in [6.45, 7) is 0. The van der Waals surface area contributed by atoms with E-state index < -0.39 is 0 Å². The van der Waals surface area contributed by atoms with Crippen LogP contribution in [0.1, 0.15) is 37.3 Å². The molecule has 0 atom stereocenters. The molecule has 0 unspecified atom stereocenters. The predicted molar refractivity (Wildman–Crippen MR) is 100 cm³/mol. The number of fused-ring (bicyclic) bond motifs is 1. The van der Waals surface area contributed by atoms with Crippen LogP contribution < -0.4 is 0 Å². The van der Waals surface area contributed by atoms with Gasteiger partial charge in [-0.25, -0.2) is 9.97 Å². The van der Waals surface area contributed by atoms with Crippen LogP contribution in [0.25, 0.3) is 11.4 Å². The molecule has 0 bridgehead atoms. The maximum Gasteiger partial charge on any atom is 0.141 e. The Morgan fingerprint density at radius 2 is 2.00 bits per heavy atom. The highest BCUT2D eigenvalue weighted by Gasteiger charge is 2.29. The van der Waals surface area contributed by atoms with Gasteiger partial charge in [0.05, 0.1) is 16.8 Å². The molecule has 0 aromatic carbocycles. The van der Waals surface area contributed by atoms with Gasteiger partial charge < -0.3 is 9.67 Å². The predicted octanol–water partition coefficient (Wildman–Crippen LogP) is 4.74. The molecule has 0 saturated heterocycles. The summed E-state index contributed by atoms with van der Waals surface area (Å²) in [6, 6.07) is 7.99. The van der Waals surface area contributed by atoms with E-state index in [0.29, 0.717) is 10.9 Å². The van der Waals surface area contributed by atoms with E-state index in [1.54, 1.807) is 18.0 Å². The van der Waals surface area contributed by atoms with E-state index in [-0.39, 0.29) is 6.10 Å². The number of aliphatic hydroxyl groups excluding tert-OH is 1. The fourth-order valence-electron chi connectivity index (χ4n) is 3.48. The Kier molecular flexibility index (Phi) is 4.71. The van der Waals surface area contributed by atoms with Crippen molar-refractivity contribution in [1.29, 1.82) is 0 Å². The van der Waals surface area contributed by atoms with E-state index in [9.17, 15) is 5.11 Å². The van der Waals surface area contributed by atoms with Gasteiger partial charge in [-0.2, -0.15) is 0 Å². The molecule has 3 heterocycles. The van der Waals surface area contributed by atoms with E-state index in [0.717, 1.165) is 47.8 Å². The van der Waals surface area contributed by atoms with Crippen molar-refractivity contribution in [2.24, 2.45) is 7.05 Å². The normalized spacial score (nSPS) is 20.9. The summed E-state index contributed by atoms with van der Waals surface area (Å²) in [7, 11) is 2.03. The SMILES string of the molecule is Cn1cccc2c(Sc3ccc(Cl)cn3)c([C@H]3CC[C@H](O)CC3)nc1-2. The van der Waals surface area contributed by atoms with Crippen LogP contribution in [0.2, 0.25) is 5.02 Å². The molecule has 4 rings (SSSR count). The number of aromatic nitrogens is 3. The number of rotatable bonds is 3. The van der Waals surface area contributed by atoms with Crippen LogP contribution in [-0.2, 0) is 7.05 Å². The fourth-order valence-corrected chi connectivity index (χ4v) is 4.63. The third-order valence-electron chi connectivity index (χ3n) is 4.84. The van der Waals surface area contributed by atoms with Crippen molar-refractivity contribution in [3.8, 4) is 11.4 Å². The third-order valence-corrected chi connectivity index (χ3v) is 6.15. The number of aryl methyl sites for hydroxylation is 1. The van der Waals surface area contributed by atoms with E-state index in [2.05, 4.69) is 21.7 Å². The van der Waals surface area contributed by atoms with E-state index >= 15 is 0 Å². The highest BCUT2D eigenvalue weighted by molar-refractivity contribution is 7.99. The zero-order valence-electron chi connectivity index (χ0n) is 14.0. The molecule has 1 aromatic rings. The highest BCUT2D eigenvalue weighted by Crippen LogP contribution is 2.45. The lowest BCUT2D eigenvalue weighted by Gasteiger charge is -2.24. The van der Waals surface area contributed by atoms with Gasteiger partial charge >= 0.3 is 0 Å². The first-order valence-corrected chi connectivity index (χ1v) is 9.73. The Balaban J connectivity index is 1.76. The number of hydrogen-bond donors (Lipinski definition) is 1. The minimum atomic E-state index is -0.161. The van der Waals surface area contributed by atoms with Crippen molar-refractivity contribution >= 4 is 23.4 Å². The molecule has 6 heteroatoms. The molecule has 1 N–H and O–H groups in total. The number of pyridine rings is 2. The summed E-state index contributed by atoms with van der Waals surface area (Å²) in [6.07, 6.45) is 7.21. The second-order valence-corrected chi connectivity index (χ2v) is 8.07. The van der Waals surface area contributed by atoms with Crippen LogP contribution in [0.3, 0.4) is 0 Å². The maximum atomic E-state index is 9.84.